The average molecular weight is 357 g/mol. The van der Waals surface area contributed by atoms with E-state index in [-0.39, 0.29) is 18.1 Å². The number of hydrogen-bond donors (Lipinski definition) is 0. The second-order valence-corrected chi connectivity index (χ2v) is 6.85. The highest BCUT2D eigenvalue weighted by Crippen LogP contribution is 2.24. The fourth-order valence-corrected chi connectivity index (χ4v) is 3.44. The summed E-state index contributed by atoms with van der Waals surface area (Å²) < 4.78 is 2.07. The molecule has 7 nitrogen and oxygen atoms in total. The number of halogens is 1. The van der Waals surface area contributed by atoms with Gasteiger partial charge >= 0.3 is 5.69 Å². The molecule has 0 aromatic carbocycles. The number of nitro groups is 1. The van der Waals surface area contributed by atoms with Crippen molar-refractivity contribution < 1.29 is 9.72 Å². The molecule has 2 heterocycles. The Hall–Kier alpha value is -1.93. The molecule has 2 rings (SSSR count). The summed E-state index contributed by atoms with van der Waals surface area (Å²) in [6.45, 7) is 6.03. The molecule has 0 radical (unpaired) electrons. The molecule has 0 aliphatic carbocycles. The van der Waals surface area contributed by atoms with Gasteiger partial charge in [0.15, 0.2) is 0 Å². The monoisotopic (exact) mass is 356 g/mol. The summed E-state index contributed by atoms with van der Waals surface area (Å²) in [5.74, 6) is -0.141. The van der Waals surface area contributed by atoms with Gasteiger partial charge in [-0.3, -0.25) is 19.6 Å². The van der Waals surface area contributed by atoms with Crippen LogP contribution in [0.15, 0.2) is 12.1 Å². The van der Waals surface area contributed by atoms with E-state index in [2.05, 4.69) is 5.10 Å². The van der Waals surface area contributed by atoms with Gasteiger partial charge < -0.3 is 4.90 Å². The van der Waals surface area contributed by atoms with Crippen molar-refractivity contribution in [3.63, 3.8) is 0 Å². The number of carbonyl (C=O) groups is 1. The summed E-state index contributed by atoms with van der Waals surface area (Å²) in [6.07, 6.45) is 0. The normalized spacial score (nSPS) is 10.8. The zero-order valence-corrected chi connectivity index (χ0v) is 14.6. The van der Waals surface area contributed by atoms with E-state index in [0.29, 0.717) is 28.8 Å². The van der Waals surface area contributed by atoms with Crippen LogP contribution in [-0.4, -0.2) is 32.1 Å². The smallest absolute Gasteiger partial charge is 0.312 e. The summed E-state index contributed by atoms with van der Waals surface area (Å²) in [4.78, 5) is 25.7. The van der Waals surface area contributed by atoms with E-state index in [0.717, 1.165) is 4.88 Å². The summed E-state index contributed by atoms with van der Waals surface area (Å²) >= 11 is 7.33. The van der Waals surface area contributed by atoms with Gasteiger partial charge in [0.1, 0.15) is 17.9 Å². The maximum absolute atomic E-state index is 12.5. The highest BCUT2D eigenvalue weighted by Gasteiger charge is 2.24. The maximum Gasteiger partial charge on any atom is 0.312 e. The predicted molar refractivity (Wildman–Crippen MR) is 88.8 cm³/mol. The van der Waals surface area contributed by atoms with E-state index in [4.69, 9.17) is 11.6 Å². The topological polar surface area (TPSA) is 81.3 Å². The summed E-state index contributed by atoms with van der Waals surface area (Å²) in [5, 5.41) is 15.1. The molecule has 2 aromatic rings. The number of likely N-dealkylation sites (N-methyl/N-ethyl adjacent to an activating group) is 1. The van der Waals surface area contributed by atoms with Crippen molar-refractivity contribution in [2.75, 3.05) is 6.54 Å². The van der Waals surface area contributed by atoms with Crippen LogP contribution in [0.4, 0.5) is 5.69 Å². The zero-order chi connectivity index (χ0) is 17.1. The fraction of sp³-hybridized carbons (Fsp3) is 0.429. The number of hydrogen-bond acceptors (Lipinski definition) is 5. The second-order valence-electron chi connectivity index (χ2n) is 5.05. The van der Waals surface area contributed by atoms with Crippen molar-refractivity contribution in [1.82, 2.24) is 14.7 Å². The minimum atomic E-state index is -0.468. The number of amides is 1. The summed E-state index contributed by atoms with van der Waals surface area (Å²) in [5.41, 5.74) is 0.662. The summed E-state index contributed by atoms with van der Waals surface area (Å²) in [6, 6.07) is 3.68. The molecule has 0 atom stereocenters. The molecule has 0 spiro atoms. The van der Waals surface area contributed by atoms with Gasteiger partial charge in [0.2, 0.25) is 5.91 Å². The van der Waals surface area contributed by atoms with Gasteiger partial charge in [0, 0.05) is 11.4 Å². The van der Waals surface area contributed by atoms with Gasteiger partial charge in [-0.15, -0.1) is 11.3 Å². The number of rotatable bonds is 6. The third-order valence-electron chi connectivity index (χ3n) is 3.52. The van der Waals surface area contributed by atoms with Crippen LogP contribution >= 0.6 is 22.9 Å². The molecule has 1 amide bonds. The molecule has 0 N–H and O–H groups in total. The summed E-state index contributed by atoms with van der Waals surface area (Å²) in [7, 11) is 0. The molecule has 0 unspecified atom stereocenters. The van der Waals surface area contributed by atoms with E-state index in [9.17, 15) is 14.9 Å². The molecule has 9 heteroatoms. The Kier molecular flexibility index (Phi) is 5.38. The first-order valence-corrected chi connectivity index (χ1v) is 8.23. The number of aryl methyl sites for hydroxylation is 1. The van der Waals surface area contributed by atoms with Crippen LogP contribution in [0.25, 0.3) is 0 Å². The third kappa shape index (κ3) is 3.89. The number of thiophene rings is 1. The van der Waals surface area contributed by atoms with Crippen molar-refractivity contribution in [1.29, 1.82) is 0 Å². The predicted octanol–water partition coefficient (Wildman–Crippen LogP) is 3.17. The Bertz CT molecular complexity index is 740. The highest BCUT2D eigenvalue weighted by atomic mass is 35.5. The van der Waals surface area contributed by atoms with Crippen LogP contribution in [0.1, 0.15) is 23.2 Å². The molecule has 23 heavy (non-hydrogen) atoms. The van der Waals surface area contributed by atoms with Crippen molar-refractivity contribution >= 4 is 34.5 Å². The standard InChI is InChI=1S/C14H17ClN4O3S/c1-4-17(7-11-5-6-12(15)23-11)13(20)8-18-10(3)14(19(21)22)9(2)16-18/h5-6H,4,7-8H2,1-3H3. The number of nitrogens with zero attached hydrogens (tertiary/aromatic N) is 4. The lowest BCUT2D eigenvalue weighted by Crippen LogP contribution is -2.33. The first kappa shape index (κ1) is 17.4. The Labute approximate surface area is 142 Å². The van der Waals surface area contributed by atoms with E-state index in [1.165, 1.54) is 16.0 Å². The van der Waals surface area contributed by atoms with Crippen molar-refractivity contribution in [3.05, 3.63) is 42.8 Å². The number of carbonyl (C=O) groups excluding carboxylic acids is 1. The van der Waals surface area contributed by atoms with Crippen molar-refractivity contribution in [2.24, 2.45) is 0 Å². The Balaban J connectivity index is 2.13. The molecule has 0 saturated carbocycles. The Morgan fingerprint density at radius 3 is 2.65 bits per heavy atom. The number of aromatic nitrogens is 2. The molecular weight excluding hydrogens is 340 g/mol. The van der Waals surface area contributed by atoms with Gasteiger partial charge in [-0.2, -0.15) is 5.10 Å². The zero-order valence-electron chi connectivity index (χ0n) is 13.1. The van der Waals surface area contributed by atoms with Gasteiger partial charge in [-0.1, -0.05) is 11.6 Å². The molecule has 0 fully saturated rings. The van der Waals surface area contributed by atoms with E-state index < -0.39 is 4.92 Å². The lowest BCUT2D eigenvalue weighted by atomic mass is 10.3. The first-order valence-electron chi connectivity index (χ1n) is 7.03. The molecule has 0 aliphatic rings. The molecule has 0 saturated heterocycles. The second kappa shape index (κ2) is 7.10. The average Bonchev–Trinajstić information content (AvgIpc) is 2.99. The van der Waals surface area contributed by atoms with Crippen LogP contribution in [0.2, 0.25) is 4.34 Å². The fourth-order valence-electron chi connectivity index (χ4n) is 2.33. The molecule has 124 valence electrons. The van der Waals surface area contributed by atoms with Gasteiger partial charge in [0.25, 0.3) is 0 Å². The highest BCUT2D eigenvalue weighted by molar-refractivity contribution is 7.16. The molecular formula is C14H17ClN4O3S. The van der Waals surface area contributed by atoms with Gasteiger partial charge in [-0.25, -0.2) is 0 Å². The van der Waals surface area contributed by atoms with Crippen LogP contribution in [0.3, 0.4) is 0 Å². The lowest BCUT2D eigenvalue weighted by molar-refractivity contribution is -0.386. The third-order valence-corrected chi connectivity index (χ3v) is 4.74. The molecule has 2 aromatic heterocycles. The maximum atomic E-state index is 12.5. The van der Waals surface area contributed by atoms with Crippen molar-refractivity contribution in [2.45, 2.75) is 33.9 Å². The van der Waals surface area contributed by atoms with Crippen molar-refractivity contribution in [3.8, 4) is 0 Å². The molecule has 0 aliphatic heterocycles. The molecule has 0 bridgehead atoms. The van der Waals surface area contributed by atoms with Gasteiger partial charge in [-0.05, 0) is 32.9 Å². The van der Waals surface area contributed by atoms with Crippen LogP contribution < -0.4 is 0 Å². The van der Waals surface area contributed by atoms with E-state index in [1.54, 1.807) is 24.8 Å². The quantitative estimate of drug-likeness (QED) is 0.588. The Morgan fingerprint density at radius 2 is 2.17 bits per heavy atom. The lowest BCUT2D eigenvalue weighted by Gasteiger charge is -2.20. The van der Waals surface area contributed by atoms with E-state index in [1.807, 2.05) is 13.0 Å². The SMILES string of the molecule is CCN(Cc1ccc(Cl)s1)C(=O)Cn1nc(C)c([N+](=O)[O-])c1C. The largest absolute Gasteiger partial charge is 0.336 e. The minimum Gasteiger partial charge on any atom is -0.336 e. The van der Waals surface area contributed by atoms with E-state index >= 15 is 0 Å². The van der Waals surface area contributed by atoms with Crippen LogP contribution in [0, 0.1) is 24.0 Å². The minimum absolute atomic E-state index is 0.0204. The van der Waals surface area contributed by atoms with Gasteiger partial charge in [0.05, 0.1) is 15.8 Å². The van der Waals surface area contributed by atoms with Crippen LogP contribution in [0.5, 0.6) is 0 Å². The Morgan fingerprint density at radius 1 is 1.48 bits per heavy atom. The first-order chi connectivity index (χ1) is 10.8. The van der Waals surface area contributed by atoms with Crippen LogP contribution in [-0.2, 0) is 17.9 Å².